The van der Waals surface area contributed by atoms with Gasteiger partial charge in [-0.15, -0.1) is 0 Å². The van der Waals surface area contributed by atoms with Crippen molar-refractivity contribution in [1.82, 2.24) is 0 Å². The lowest BCUT2D eigenvalue weighted by molar-refractivity contribution is -0.134. The van der Waals surface area contributed by atoms with E-state index in [9.17, 15) is 4.79 Å². The molecule has 1 atom stereocenters. The fourth-order valence-electron chi connectivity index (χ4n) is 1.04. The average Bonchev–Trinajstić information content (AvgIpc) is 2.29. The summed E-state index contributed by atoms with van der Waals surface area (Å²) in [5.41, 5.74) is 0.972. The van der Waals surface area contributed by atoms with E-state index in [4.69, 9.17) is 5.11 Å². The molecule has 0 radical (unpaired) electrons. The number of hydrogen-bond acceptors (Lipinski definition) is 4. The Kier molecular flexibility index (Phi) is 5.11. The monoisotopic (exact) mass is 207 g/mol. The lowest BCUT2D eigenvalue weighted by Crippen LogP contribution is -2.20. The quantitative estimate of drug-likeness (QED) is 0.550. The molecule has 0 aromatic heterocycles. The Labute approximate surface area is 88.2 Å². The van der Waals surface area contributed by atoms with Crippen LogP contribution >= 0.6 is 0 Å². The minimum absolute atomic E-state index is 0.217. The van der Waals surface area contributed by atoms with Crippen LogP contribution in [-0.4, -0.2) is 37.0 Å². The first-order chi connectivity index (χ1) is 7.36. The smallest absolute Gasteiger partial charge is 0.293 e. The normalized spacial score (nSPS) is 12.6. The lowest BCUT2D eigenvalue weighted by Gasteiger charge is -2.07. The number of carbonyl (C=O) groups is 1. The van der Waals surface area contributed by atoms with Gasteiger partial charge in [-0.1, -0.05) is 30.3 Å². The molecule has 0 saturated carbocycles. The highest BCUT2D eigenvalue weighted by atomic mass is 16.5. The Morgan fingerprint density at radius 1 is 1.40 bits per heavy atom. The van der Waals surface area contributed by atoms with Gasteiger partial charge in [-0.05, 0) is 5.56 Å². The third-order valence-electron chi connectivity index (χ3n) is 1.80. The fraction of sp³-hybridized carbons (Fsp3) is 0.273. The molecular weight excluding hydrogens is 194 g/mol. The molecule has 0 aliphatic heterocycles. The average molecular weight is 207 g/mol. The van der Waals surface area contributed by atoms with Crippen LogP contribution in [0.15, 0.2) is 35.3 Å². The number of nitrogens with zero attached hydrogens (tertiary/aromatic N) is 1. The van der Waals surface area contributed by atoms with Crippen molar-refractivity contribution in [3.63, 3.8) is 0 Å². The summed E-state index contributed by atoms with van der Waals surface area (Å²) in [4.78, 5) is 14.1. The first kappa shape index (κ1) is 11.4. The molecule has 0 amide bonds. The van der Waals surface area contributed by atoms with Crippen molar-refractivity contribution in [3.05, 3.63) is 35.9 Å². The first-order valence-corrected chi connectivity index (χ1v) is 4.61. The van der Waals surface area contributed by atoms with E-state index in [2.05, 4.69) is 9.73 Å². The molecule has 1 N–H and O–H groups in total. The van der Waals surface area contributed by atoms with E-state index in [0.29, 0.717) is 6.47 Å². The summed E-state index contributed by atoms with van der Waals surface area (Å²) in [5, 5.41) is 8.80. The van der Waals surface area contributed by atoms with E-state index in [1.165, 1.54) is 0 Å². The van der Waals surface area contributed by atoms with Gasteiger partial charge in [0.05, 0.1) is 13.2 Å². The standard InChI is InChI=1S/C11H13NO3/c13-8-11(15-9-14)7-12-6-10-4-2-1-3-5-10/h1-6,9,11,13H,7-8H2. The van der Waals surface area contributed by atoms with Gasteiger partial charge >= 0.3 is 0 Å². The van der Waals surface area contributed by atoms with Crippen LogP contribution in [0.3, 0.4) is 0 Å². The molecule has 0 fully saturated rings. The molecule has 0 spiro atoms. The predicted octanol–water partition coefficient (Wildman–Crippen LogP) is 0.639. The number of aliphatic hydroxyl groups excluding tert-OH is 1. The van der Waals surface area contributed by atoms with Gasteiger partial charge in [-0.25, -0.2) is 0 Å². The summed E-state index contributed by atoms with van der Waals surface area (Å²) in [5.74, 6) is 0. The van der Waals surface area contributed by atoms with Crippen molar-refractivity contribution in [2.45, 2.75) is 6.10 Å². The second-order valence-electron chi connectivity index (χ2n) is 2.94. The summed E-state index contributed by atoms with van der Waals surface area (Å²) < 4.78 is 4.58. The zero-order valence-corrected chi connectivity index (χ0v) is 8.24. The van der Waals surface area contributed by atoms with Gasteiger partial charge in [0, 0.05) is 6.21 Å². The van der Waals surface area contributed by atoms with E-state index in [-0.39, 0.29) is 13.2 Å². The van der Waals surface area contributed by atoms with Gasteiger partial charge in [0.1, 0.15) is 6.10 Å². The molecule has 0 bridgehead atoms. The minimum Gasteiger partial charge on any atom is -0.460 e. The summed E-state index contributed by atoms with van der Waals surface area (Å²) in [6.07, 6.45) is 1.12. The molecule has 4 nitrogen and oxygen atoms in total. The Bertz CT molecular complexity index is 311. The zero-order valence-electron chi connectivity index (χ0n) is 8.24. The van der Waals surface area contributed by atoms with Crippen LogP contribution in [0.5, 0.6) is 0 Å². The zero-order chi connectivity index (χ0) is 10.9. The Balaban J connectivity index is 2.41. The summed E-state index contributed by atoms with van der Waals surface area (Å²) >= 11 is 0. The van der Waals surface area contributed by atoms with Crippen molar-refractivity contribution in [3.8, 4) is 0 Å². The highest BCUT2D eigenvalue weighted by molar-refractivity contribution is 5.79. The molecule has 1 unspecified atom stereocenters. The molecular formula is C11H13NO3. The number of ether oxygens (including phenoxy) is 1. The van der Waals surface area contributed by atoms with Crippen molar-refractivity contribution in [2.75, 3.05) is 13.2 Å². The van der Waals surface area contributed by atoms with Gasteiger partial charge in [0.15, 0.2) is 0 Å². The van der Waals surface area contributed by atoms with Crippen LogP contribution in [0.25, 0.3) is 0 Å². The van der Waals surface area contributed by atoms with Crippen LogP contribution in [0.4, 0.5) is 0 Å². The molecule has 1 aromatic carbocycles. The maximum atomic E-state index is 10.0. The van der Waals surface area contributed by atoms with Crippen molar-refractivity contribution < 1.29 is 14.6 Å². The van der Waals surface area contributed by atoms with Crippen molar-refractivity contribution in [1.29, 1.82) is 0 Å². The molecule has 0 heterocycles. The van der Waals surface area contributed by atoms with Gasteiger partial charge in [0.25, 0.3) is 6.47 Å². The lowest BCUT2D eigenvalue weighted by atomic mass is 10.2. The summed E-state index contributed by atoms with van der Waals surface area (Å²) in [6, 6.07) is 9.57. The Morgan fingerprint density at radius 3 is 2.73 bits per heavy atom. The van der Waals surface area contributed by atoms with Crippen molar-refractivity contribution >= 4 is 12.7 Å². The molecule has 4 heteroatoms. The largest absolute Gasteiger partial charge is 0.460 e. The maximum absolute atomic E-state index is 10.0. The van der Waals surface area contributed by atoms with Crippen LogP contribution < -0.4 is 0 Å². The van der Waals surface area contributed by atoms with Gasteiger partial charge in [0.2, 0.25) is 0 Å². The van der Waals surface area contributed by atoms with Crippen molar-refractivity contribution in [2.24, 2.45) is 4.99 Å². The topological polar surface area (TPSA) is 58.9 Å². The molecule has 1 aromatic rings. The number of aliphatic hydroxyl groups is 1. The number of hydrogen-bond donors (Lipinski definition) is 1. The second kappa shape index (κ2) is 6.73. The van der Waals surface area contributed by atoms with E-state index in [0.717, 1.165) is 5.56 Å². The second-order valence-corrected chi connectivity index (χ2v) is 2.94. The van der Waals surface area contributed by atoms with Crippen LogP contribution in [0.1, 0.15) is 5.56 Å². The number of rotatable bonds is 6. The SMILES string of the molecule is O=COC(CO)CN=Cc1ccccc1. The van der Waals surface area contributed by atoms with Gasteiger partial charge in [-0.3, -0.25) is 9.79 Å². The van der Waals surface area contributed by atoms with E-state index >= 15 is 0 Å². The molecule has 80 valence electrons. The molecule has 0 aliphatic carbocycles. The van der Waals surface area contributed by atoms with E-state index in [1.807, 2.05) is 30.3 Å². The summed E-state index contributed by atoms with van der Waals surface area (Å²) in [6.45, 7) is 0.369. The molecule has 0 saturated heterocycles. The minimum atomic E-state index is -0.553. The molecule has 1 rings (SSSR count). The number of aliphatic imine (C=N–C) groups is 1. The van der Waals surface area contributed by atoms with Crippen LogP contribution in [-0.2, 0) is 9.53 Å². The highest BCUT2D eigenvalue weighted by Gasteiger charge is 2.04. The van der Waals surface area contributed by atoms with Crippen LogP contribution in [0, 0.1) is 0 Å². The Hall–Kier alpha value is -1.68. The number of carbonyl (C=O) groups excluding carboxylic acids is 1. The molecule has 15 heavy (non-hydrogen) atoms. The van der Waals surface area contributed by atoms with E-state index in [1.54, 1.807) is 6.21 Å². The Morgan fingerprint density at radius 2 is 2.13 bits per heavy atom. The third kappa shape index (κ3) is 4.37. The van der Waals surface area contributed by atoms with Gasteiger partial charge in [-0.2, -0.15) is 0 Å². The number of benzene rings is 1. The maximum Gasteiger partial charge on any atom is 0.293 e. The third-order valence-corrected chi connectivity index (χ3v) is 1.80. The van der Waals surface area contributed by atoms with Gasteiger partial charge < -0.3 is 9.84 Å². The highest BCUT2D eigenvalue weighted by Crippen LogP contribution is 1.95. The van der Waals surface area contributed by atoms with E-state index < -0.39 is 6.10 Å². The molecule has 0 aliphatic rings. The van der Waals surface area contributed by atoms with Crippen LogP contribution in [0.2, 0.25) is 0 Å². The predicted molar refractivity (Wildman–Crippen MR) is 56.9 cm³/mol. The fourth-order valence-corrected chi connectivity index (χ4v) is 1.04. The summed E-state index contributed by atoms with van der Waals surface area (Å²) in [7, 11) is 0. The first-order valence-electron chi connectivity index (χ1n) is 4.61.